The number of ether oxygens (including phenoxy) is 1. The highest BCUT2D eigenvalue weighted by atomic mass is 32.2. The Balaban J connectivity index is 2.13. The second-order valence-corrected chi connectivity index (χ2v) is 6.51. The van der Waals surface area contributed by atoms with E-state index >= 15 is 0 Å². The van der Waals surface area contributed by atoms with Gasteiger partial charge in [0.1, 0.15) is 11.3 Å². The van der Waals surface area contributed by atoms with Crippen LogP contribution in [0.3, 0.4) is 0 Å². The lowest BCUT2D eigenvalue weighted by Crippen LogP contribution is -1.99. The van der Waals surface area contributed by atoms with E-state index in [4.69, 9.17) is 17.0 Å². The number of hydrogen-bond acceptors (Lipinski definition) is 3. The van der Waals surface area contributed by atoms with Crippen molar-refractivity contribution in [1.29, 1.82) is 0 Å². The molecule has 0 radical (unpaired) electrons. The SMILES string of the molecule is CCCOc1cccc2c1[nH]c(=S)n2CCCCCSC. The lowest BCUT2D eigenvalue weighted by atomic mass is 10.2. The van der Waals surface area contributed by atoms with Gasteiger partial charge in [0.15, 0.2) is 4.77 Å². The van der Waals surface area contributed by atoms with Crippen molar-refractivity contribution in [1.82, 2.24) is 9.55 Å². The number of nitrogens with zero attached hydrogens (tertiary/aromatic N) is 1. The minimum absolute atomic E-state index is 0.736. The first-order valence-corrected chi connectivity index (χ1v) is 9.41. The third kappa shape index (κ3) is 4.27. The molecule has 21 heavy (non-hydrogen) atoms. The van der Waals surface area contributed by atoms with E-state index in [-0.39, 0.29) is 0 Å². The fourth-order valence-electron chi connectivity index (χ4n) is 2.40. The molecule has 0 amide bonds. The number of aromatic amines is 1. The molecule has 1 aromatic carbocycles. The van der Waals surface area contributed by atoms with Gasteiger partial charge in [-0.3, -0.25) is 0 Å². The van der Waals surface area contributed by atoms with Gasteiger partial charge in [-0.25, -0.2) is 0 Å². The van der Waals surface area contributed by atoms with E-state index in [0.29, 0.717) is 0 Å². The summed E-state index contributed by atoms with van der Waals surface area (Å²) in [5, 5.41) is 0. The van der Waals surface area contributed by atoms with Crippen LogP contribution in [0.15, 0.2) is 18.2 Å². The van der Waals surface area contributed by atoms with Gasteiger partial charge in [-0.1, -0.05) is 19.4 Å². The van der Waals surface area contributed by atoms with Crippen molar-refractivity contribution in [3.8, 4) is 5.75 Å². The number of rotatable bonds is 9. The molecule has 0 aliphatic heterocycles. The van der Waals surface area contributed by atoms with Gasteiger partial charge in [0.25, 0.3) is 0 Å². The van der Waals surface area contributed by atoms with Crippen LogP contribution in [0.1, 0.15) is 32.6 Å². The number of hydrogen-bond donors (Lipinski definition) is 1. The first kappa shape index (κ1) is 16.4. The van der Waals surface area contributed by atoms with E-state index in [1.807, 2.05) is 23.9 Å². The van der Waals surface area contributed by atoms with Gasteiger partial charge in [-0.2, -0.15) is 11.8 Å². The van der Waals surface area contributed by atoms with E-state index in [1.165, 1.54) is 25.0 Å². The molecule has 0 aliphatic rings. The number of benzene rings is 1. The standard InChI is InChI=1S/C16H24N2OS2/c1-3-11-19-14-9-7-8-13-15(14)17-16(20)18(13)10-5-4-6-12-21-2/h7-9H,3-6,10-12H2,1-2H3,(H,17,20). The van der Waals surface area contributed by atoms with E-state index in [2.05, 4.69) is 28.8 Å². The fourth-order valence-corrected chi connectivity index (χ4v) is 3.19. The Morgan fingerprint density at radius 3 is 2.90 bits per heavy atom. The maximum Gasteiger partial charge on any atom is 0.178 e. The van der Waals surface area contributed by atoms with Crippen LogP contribution >= 0.6 is 24.0 Å². The smallest absolute Gasteiger partial charge is 0.178 e. The van der Waals surface area contributed by atoms with Gasteiger partial charge in [-0.15, -0.1) is 0 Å². The molecule has 2 rings (SSSR count). The van der Waals surface area contributed by atoms with E-state index in [0.717, 1.165) is 41.1 Å². The minimum atomic E-state index is 0.736. The van der Waals surface area contributed by atoms with E-state index in [9.17, 15) is 0 Å². The van der Waals surface area contributed by atoms with Crippen LogP contribution < -0.4 is 4.74 Å². The highest BCUT2D eigenvalue weighted by Gasteiger charge is 2.08. The molecule has 0 fully saturated rings. The maximum atomic E-state index is 5.80. The van der Waals surface area contributed by atoms with Crippen molar-refractivity contribution in [2.45, 2.75) is 39.2 Å². The van der Waals surface area contributed by atoms with Gasteiger partial charge in [-0.05, 0) is 55.6 Å². The van der Waals surface area contributed by atoms with Crippen LogP contribution in [0.25, 0.3) is 11.0 Å². The summed E-state index contributed by atoms with van der Waals surface area (Å²) in [6, 6.07) is 6.16. The number of H-pyrrole nitrogens is 1. The summed E-state index contributed by atoms with van der Waals surface area (Å²) in [6.45, 7) is 3.83. The number of aryl methyl sites for hydroxylation is 1. The lowest BCUT2D eigenvalue weighted by molar-refractivity contribution is 0.320. The third-order valence-electron chi connectivity index (χ3n) is 3.46. The fraction of sp³-hybridized carbons (Fsp3) is 0.562. The van der Waals surface area contributed by atoms with Crippen LogP contribution in [-0.2, 0) is 6.54 Å². The first-order valence-electron chi connectivity index (χ1n) is 7.61. The number of imidazole rings is 1. The molecule has 0 atom stereocenters. The Hall–Kier alpha value is -0.940. The van der Waals surface area contributed by atoms with Crippen molar-refractivity contribution in [3.05, 3.63) is 23.0 Å². The first-order chi connectivity index (χ1) is 10.3. The molecule has 5 heteroatoms. The molecule has 1 aromatic heterocycles. The third-order valence-corrected chi connectivity index (χ3v) is 4.48. The molecular formula is C16H24N2OS2. The zero-order chi connectivity index (χ0) is 15.1. The zero-order valence-corrected chi connectivity index (χ0v) is 14.5. The minimum Gasteiger partial charge on any atom is -0.491 e. The monoisotopic (exact) mass is 324 g/mol. The van der Waals surface area contributed by atoms with Gasteiger partial charge in [0.05, 0.1) is 12.1 Å². The molecule has 1 N–H and O–H groups in total. The number of thioether (sulfide) groups is 1. The molecule has 0 spiro atoms. The molecule has 0 saturated heterocycles. The van der Waals surface area contributed by atoms with Crippen molar-refractivity contribution < 1.29 is 4.74 Å². The Bertz CT molecular complexity index is 618. The average Bonchev–Trinajstić information content (AvgIpc) is 2.81. The van der Waals surface area contributed by atoms with Crippen LogP contribution in [0, 0.1) is 4.77 Å². The topological polar surface area (TPSA) is 29.9 Å². The summed E-state index contributed by atoms with van der Waals surface area (Å²) < 4.78 is 8.79. The quantitative estimate of drug-likeness (QED) is 0.519. The Morgan fingerprint density at radius 1 is 1.29 bits per heavy atom. The molecule has 3 nitrogen and oxygen atoms in total. The summed E-state index contributed by atoms with van der Waals surface area (Å²) in [6.07, 6.45) is 6.87. The molecule has 0 saturated carbocycles. The lowest BCUT2D eigenvalue weighted by Gasteiger charge is -2.07. The number of para-hydroxylation sites is 1. The zero-order valence-electron chi connectivity index (χ0n) is 12.9. The van der Waals surface area contributed by atoms with Gasteiger partial charge in [0, 0.05) is 6.54 Å². The van der Waals surface area contributed by atoms with Crippen molar-refractivity contribution >= 4 is 35.0 Å². The van der Waals surface area contributed by atoms with Crippen LogP contribution in [0.4, 0.5) is 0 Å². The van der Waals surface area contributed by atoms with E-state index in [1.54, 1.807) is 0 Å². The highest BCUT2D eigenvalue weighted by molar-refractivity contribution is 7.98. The number of nitrogens with one attached hydrogen (secondary N) is 1. The molecule has 1 heterocycles. The van der Waals surface area contributed by atoms with Crippen LogP contribution in [-0.4, -0.2) is 28.2 Å². The Labute approximate surface area is 136 Å². The molecule has 0 unspecified atom stereocenters. The predicted octanol–water partition coefficient (Wildman–Crippen LogP) is 5.02. The normalized spacial score (nSPS) is 11.1. The average molecular weight is 325 g/mol. The molecule has 0 aliphatic carbocycles. The van der Waals surface area contributed by atoms with Gasteiger partial charge >= 0.3 is 0 Å². The van der Waals surface area contributed by atoms with E-state index < -0.39 is 0 Å². The Kier molecular flexibility index (Phi) is 6.64. The molecule has 2 aromatic rings. The van der Waals surface area contributed by atoms with Gasteiger partial charge < -0.3 is 14.3 Å². The summed E-state index contributed by atoms with van der Waals surface area (Å²) in [5.74, 6) is 2.15. The van der Waals surface area contributed by atoms with Crippen molar-refractivity contribution in [3.63, 3.8) is 0 Å². The summed E-state index contributed by atoms with van der Waals surface area (Å²) >= 11 is 7.39. The molecular weight excluding hydrogens is 300 g/mol. The van der Waals surface area contributed by atoms with Gasteiger partial charge in [0.2, 0.25) is 0 Å². The summed E-state index contributed by atoms with van der Waals surface area (Å²) in [4.78, 5) is 3.31. The largest absolute Gasteiger partial charge is 0.491 e. The Morgan fingerprint density at radius 2 is 2.14 bits per heavy atom. The van der Waals surface area contributed by atoms with Crippen LogP contribution in [0.2, 0.25) is 0 Å². The second kappa shape index (κ2) is 8.49. The summed E-state index contributed by atoms with van der Waals surface area (Å²) in [5.41, 5.74) is 2.18. The van der Waals surface area contributed by atoms with Crippen LogP contribution in [0.5, 0.6) is 5.75 Å². The number of unbranched alkanes of at least 4 members (excludes halogenated alkanes) is 2. The van der Waals surface area contributed by atoms with Crippen molar-refractivity contribution in [2.75, 3.05) is 18.6 Å². The maximum absolute atomic E-state index is 5.80. The molecule has 0 bridgehead atoms. The summed E-state index contributed by atoms with van der Waals surface area (Å²) in [7, 11) is 0. The second-order valence-electron chi connectivity index (χ2n) is 5.13. The number of fused-ring (bicyclic) bond motifs is 1. The highest BCUT2D eigenvalue weighted by Crippen LogP contribution is 2.25. The molecule has 116 valence electrons. The predicted molar refractivity (Wildman–Crippen MR) is 95.1 cm³/mol. The van der Waals surface area contributed by atoms with Crippen molar-refractivity contribution in [2.24, 2.45) is 0 Å². The number of aromatic nitrogens is 2.